The van der Waals surface area contributed by atoms with Crippen LogP contribution in [0.4, 0.5) is 37.7 Å². The van der Waals surface area contributed by atoms with Crippen molar-refractivity contribution < 1.29 is 35.8 Å². The van der Waals surface area contributed by atoms with E-state index >= 15 is 0 Å². The van der Waals surface area contributed by atoms with Crippen molar-refractivity contribution in [3.8, 4) is 5.75 Å². The van der Waals surface area contributed by atoms with Crippen LogP contribution in [0.1, 0.15) is 30.0 Å². The fourth-order valence-corrected chi connectivity index (χ4v) is 5.87. The Morgan fingerprint density at radius 2 is 1.73 bits per heavy atom. The fourth-order valence-electron chi connectivity index (χ4n) is 5.87. The molecule has 2 aliphatic rings. The van der Waals surface area contributed by atoms with Gasteiger partial charge in [0.1, 0.15) is 5.75 Å². The first kappa shape index (κ1) is 28.1. The molecule has 0 saturated carbocycles. The van der Waals surface area contributed by atoms with E-state index in [-0.39, 0.29) is 31.4 Å². The summed E-state index contributed by atoms with van der Waals surface area (Å²) in [6, 6.07) is 21.1. The molecular weight excluding hydrogens is 534 g/mol. The van der Waals surface area contributed by atoms with Crippen molar-refractivity contribution in [1.29, 1.82) is 0 Å². The molecule has 5 rings (SSSR count). The van der Waals surface area contributed by atoms with Crippen molar-refractivity contribution in [3.63, 3.8) is 0 Å². The minimum absolute atomic E-state index is 0.0489. The van der Waals surface area contributed by atoms with Crippen molar-refractivity contribution in [1.82, 2.24) is 0 Å². The predicted octanol–water partition coefficient (Wildman–Crippen LogP) is 7.11. The Bertz CT molecular complexity index is 1330. The smallest absolute Gasteiger partial charge is 0.406 e. The summed E-state index contributed by atoms with van der Waals surface area (Å²) >= 11 is 0. The van der Waals surface area contributed by atoms with E-state index in [9.17, 15) is 26.3 Å². The molecule has 1 unspecified atom stereocenters. The first-order valence-electron chi connectivity index (χ1n) is 13.1. The molecule has 4 nitrogen and oxygen atoms in total. The fraction of sp³-hybridized carbons (Fsp3) is 0.400. The number of halogens is 6. The number of benzene rings is 3. The first-order valence-corrected chi connectivity index (χ1v) is 13.1. The van der Waals surface area contributed by atoms with Crippen molar-refractivity contribution in [2.75, 3.05) is 42.6 Å². The Balaban J connectivity index is 1.59. The summed E-state index contributed by atoms with van der Waals surface area (Å²) < 4.78 is 88.5. The summed E-state index contributed by atoms with van der Waals surface area (Å²) in [7, 11) is 0. The Hall–Kier alpha value is -3.40. The molecule has 0 N–H and O–H groups in total. The van der Waals surface area contributed by atoms with E-state index < -0.39 is 24.4 Å². The molecule has 2 heterocycles. The van der Waals surface area contributed by atoms with Crippen LogP contribution < -0.4 is 14.5 Å². The zero-order valence-corrected chi connectivity index (χ0v) is 21.9. The number of hydrogen-bond donors (Lipinski definition) is 0. The second-order valence-electron chi connectivity index (χ2n) is 10.4. The molecule has 2 atom stereocenters. The van der Waals surface area contributed by atoms with E-state index in [1.807, 2.05) is 43.3 Å². The van der Waals surface area contributed by atoms with Gasteiger partial charge in [0, 0.05) is 43.0 Å². The van der Waals surface area contributed by atoms with Crippen molar-refractivity contribution >= 4 is 11.4 Å². The van der Waals surface area contributed by atoms with Crippen LogP contribution in [0.15, 0.2) is 72.8 Å². The van der Waals surface area contributed by atoms with Crippen LogP contribution in [0.25, 0.3) is 0 Å². The molecule has 214 valence electrons. The number of alkyl halides is 6. The lowest BCUT2D eigenvalue weighted by molar-refractivity contribution is -0.274. The van der Waals surface area contributed by atoms with Gasteiger partial charge in [0.15, 0.2) is 0 Å². The van der Waals surface area contributed by atoms with Gasteiger partial charge < -0.3 is 19.3 Å². The van der Waals surface area contributed by atoms with Crippen LogP contribution in [0, 0.1) is 0 Å². The predicted molar refractivity (Wildman–Crippen MR) is 141 cm³/mol. The minimum Gasteiger partial charge on any atom is -0.406 e. The lowest BCUT2D eigenvalue weighted by atomic mass is 9.71. The zero-order valence-electron chi connectivity index (χ0n) is 21.9. The topological polar surface area (TPSA) is 24.9 Å². The summed E-state index contributed by atoms with van der Waals surface area (Å²) in [5.74, 6) is -0.337. The molecule has 10 heteroatoms. The molecule has 0 aliphatic carbocycles. The van der Waals surface area contributed by atoms with E-state index in [4.69, 9.17) is 4.74 Å². The summed E-state index contributed by atoms with van der Waals surface area (Å²) in [5, 5.41) is 0. The molecule has 0 spiro atoms. The second kappa shape index (κ2) is 10.9. The van der Waals surface area contributed by atoms with E-state index in [0.29, 0.717) is 30.9 Å². The minimum atomic E-state index is -4.84. The van der Waals surface area contributed by atoms with Crippen molar-refractivity contribution in [2.45, 2.75) is 43.8 Å². The van der Waals surface area contributed by atoms with Crippen LogP contribution >= 0.6 is 0 Å². The molecule has 3 aromatic carbocycles. The van der Waals surface area contributed by atoms with E-state index in [1.165, 1.54) is 18.2 Å². The number of rotatable bonds is 7. The van der Waals surface area contributed by atoms with Gasteiger partial charge in [-0.3, -0.25) is 0 Å². The van der Waals surface area contributed by atoms with Crippen molar-refractivity contribution in [2.24, 2.45) is 0 Å². The Labute approximate surface area is 229 Å². The summed E-state index contributed by atoms with van der Waals surface area (Å²) in [6.45, 7) is 4.00. The highest BCUT2D eigenvalue weighted by Crippen LogP contribution is 2.48. The van der Waals surface area contributed by atoms with Gasteiger partial charge in [0.05, 0.1) is 19.1 Å². The molecule has 40 heavy (non-hydrogen) atoms. The lowest BCUT2D eigenvalue weighted by Crippen LogP contribution is -2.41. The van der Waals surface area contributed by atoms with E-state index in [0.717, 1.165) is 16.8 Å². The standard InChI is InChI=1S/C30H30F6N2O2/c1-21-19-37(14-15-39-21)24-8-5-7-23(17-24)28(18-22-6-4-9-25(16-22)40-30(34,35)36)20-38(13-12-29(31,32)33)27-11-3-2-10-26(27)28/h2-11,16-17,21H,12-15,18-20H2,1H3/t21-,28?/m0/s1. The maximum atomic E-state index is 13.3. The summed E-state index contributed by atoms with van der Waals surface area (Å²) in [5.41, 5.74) is 3.15. The second-order valence-corrected chi connectivity index (χ2v) is 10.4. The number of hydrogen-bond acceptors (Lipinski definition) is 4. The average Bonchev–Trinajstić information content (AvgIpc) is 3.21. The highest BCUT2D eigenvalue weighted by atomic mass is 19.4. The van der Waals surface area contributed by atoms with Gasteiger partial charge in [0.2, 0.25) is 0 Å². The normalized spacial score (nSPS) is 21.4. The number of anilines is 2. The zero-order chi connectivity index (χ0) is 28.5. The Morgan fingerprint density at radius 1 is 0.950 bits per heavy atom. The van der Waals surface area contributed by atoms with Crippen LogP contribution in [0.5, 0.6) is 5.75 Å². The van der Waals surface area contributed by atoms with Crippen LogP contribution in [-0.4, -0.2) is 51.4 Å². The quantitative estimate of drug-likeness (QED) is 0.286. The Morgan fingerprint density at radius 3 is 2.48 bits per heavy atom. The third-order valence-corrected chi connectivity index (χ3v) is 7.53. The van der Waals surface area contributed by atoms with Gasteiger partial charge in [-0.05, 0) is 60.4 Å². The molecule has 2 aliphatic heterocycles. The van der Waals surface area contributed by atoms with Crippen LogP contribution in [-0.2, 0) is 16.6 Å². The van der Waals surface area contributed by atoms with Gasteiger partial charge in [-0.1, -0.05) is 42.5 Å². The van der Waals surface area contributed by atoms with E-state index in [2.05, 4.69) is 15.7 Å². The maximum Gasteiger partial charge on any atom is 0.573 e. The number of para-hydroxylation sites is 1. The third-order valence-electron chi connectivity index (χ3n) is 7.53. The highest BCUT2D eigenvalue weighted by molar-refractivity contribution is 5.68. The Kier molecular flexibility index (Phi) is 7.65. The molecule has 0 radical (unpaired) electrons. The van der Waals surface area contributed by atoms with Crippen LogP contribution in [0.2, 0.25) is 0 Å². The maximum absolute atomic E-state index is 13.3. The summed E-state index contributed by atoms with van der Waals surface area (Å²) in [4.78, 5) is 3.95. The van der Waals surface area contributed by atoms with Gasteiger partial charge >= 0.3 is 12.5 Å². The number of morpholine rings is 1. The molecule has 3 aromatic rings. The molecule has 0 aromatic heterocycles. The third kappa shape index (κ3) is 6.32. The molecular formula is C30H30F6N2O2. The average molecular weight is 565 g/mol. The number of ether oxygens (including phenoxy) is 2. The summed E-state index contributed by atoms with van der Waals surface area (Å²) in [6.07, 6.45) is -9.82. The van der Waals surface area contributed by atoms with Crippen LogP contribution in [0.3, 0.4) is 0 Å². The largest absolute Gasteiger partial charge is 0.573 e. The van der Waals surface area contributed by atoms with E-state index in [1.54, 1.807) is 17.0 Å². The van der Waals surface area contributed by atoms with Gasteiger partial charge in [-0.25, -0.2) is 0 Å². The molecule has 0 bridgehead atoms. The number of nitrogens with zero attached hydrogens (tertiary/aromatic N) is 2. The first-order chi connectivity index (χ1) is 18.9. The molecule has 0 amide bonds. The highest BCUT2D eigenvalue weighted by Gasteiger charge is 2.45. The SMILES string of the molecule is C[C@H]1CN(c2cccc(C3(Cc4cccc(OC(F)(F)F)c4)CN(CCC(F)(F)F)c4ccccc43)c2)CCO1. The van der Waals surface area contributed by atoms with Crippen molar-refractivity contribution in [3.05, 3.63) is 89.5 Å². The number of fused-ring (bicyclic) bond motifs is 1. The lowest BCUT2D eigenvalue weighted by Gasteiger charge is -2.36. The van der Waals surface area contributed by atoms with Gasteiger partial charge in [-0.2, -0.15) is 13.2 Å². The monoisotopic (exact) mass is 564 g/mol. The van der Waals surface area contributed by atoms with Gasteiger partial charge in [0.25, 0.3) is 0 Å². The van der Waals surface area contributed by atoms with Gasteiger partial charge in [-0.15, -0.1) is 13.2 Å². The molecule has 1 fully saturated rings. The molecule has 1 saturated heterocycles.